The van der Waals surface area contributed by atoms with Crippen molar-refractivity contribution in [2.75, 3.05) is 18.6 Å². The maximum Gasteiger partial charge on any atom is 0.240 e. The predicted octanol–water partition coefficient (Wildman–Crippen LogP) is 3.07. The number of rotatable bonds is 9. The molecule has 0 aromatic heterocycles. The smallest absolute Gasteiger partial charge is 0.211 e. The van der Waals surface area contributed by atoms with E-state index < -0.39 is 10.0 Å². The second kappa shape index (κ2) is 9.08. The van der Waals surface area contributed by atoms with Crippen molar-refractivity contribution in [1.82, 2.24) is 4.72 Å². The number of hydrogen-bond donors (Lipinski definition) is 1. The van der Waals surface area contributed by atoms with E-state index in [1.165, 1.54) is 18.6 Å². The van der Waals surface area contributed by atoms with E-state index in [0.29, 0.717) is 17.7 Å². The van der Waals surface area contributed by atoms with Gasteiger partial charge in [-0.05, 0) is 55.5 Å². The molecule has 0 atom stereocenters. The zero-order chi connectivity index (χ0) is 15.7. The molecule has 0 saturated heterocycles. The quantitative estimate of drug-likeness (QED) is 0.708. The summed E-state index contributed by atoms with van der Waals surface area (Å²) in [4.78, 5) is 0.254. The van der Waals surface area contributed by atoms with E-state index in [4.69, 9.17) is 5.26 Å². The average molecular weight is 326 g/mol. The zero-order valence-corrected chi connectivity index (χ0v) is 14.2. The van der Waals surface area contributed by atoms with Gasteiger partial charge in [-0.1, -0.05) is 12.8 Å². The van der Waals surface area contributed by atoms with E-state index in [-0.39, 0.29) is 4.90 Å². The number of sulfonamides is 1. The number of hydrogen-bond acceptors (Lipinski definition) is 4. The van der Waals surface area contributed by atoms with Gasteiger partial charge in [-0.2, -0.15) is 17.0 Å². The Morgan fingerprint density at radius 3 is 2.57 bits per heavy atom. The molecule has 0 fully saturated rings. The van der Waals surface area contributed by atoms with Gasteiger partial charge in [0.2, 0.25) is 10.0 Å². The molecule has 1 rings (SSSR count). The van der Waals surface area contributed by atoms with Crippen molar-refractivity contribution in [2.24, 2.45) is 0 Å². The Labute approximate surface area is 132 Å². The molecule has 0 aliphatic carbocycles. The Morgan fingerprint density at radius 2 is 1.95 bits per heavy atom. The first-order valence-electron chi connectivity index (χ1n) is 7.00. The van der Waals surface area contributed by atoms with Gasteiger partial charge in [-0.3, -0.25) is 0 Å². The number of aryl methyl sites for hydroxylation is 1. The maximum atomic E-state index is 12.2. The first-order valence-corrected chi connectivity index (χ1v) is 9.88. The van der Waals surface area contributed by atoms with E-state index in [1.807, 2.05) is 17.8 Å². The van der Waals surface area contributed by atoms with E-state index >= 15 is 0 Å². The largest absolute Gasteiger partial charge is 0.240 e. The third-order valence-electron chi connectivity index (χ3n) is 3.16. The summed E-state index contributed by atoms with van der Waals surface area (Å²) in [6.45, 7) is 2.17. The molecular formula is C15H22N2O2S2. The molecule has 0 amide bonds. The van der Waals surface area contributed by atoms with Crippen molar-refractivity contribution >= 4 is 21.8 Å². The van der Waals surface area contributed by atoms with Gasteiger partial charge < -0.3 is 0 Å². The molecule has 1 aromatic rings. The fourth-order valence-corrected chi connectivity index (χ4v) is 3.82. The van der Waals surface area contributed by atoms with Gasteiger partial charge in [0.1, 0.15) is 0 Å². The fraction of sp³-hybridized carbons (Fsp3) is 0.533. The molecule has 0 bridgehead atoms. The molecule has 1 aromatic carbocycles. The van der Waals surface area contributed by atoms with Gasteiger partial charge >= 0.3 is 0 Å². The van der Waals surface area contributed by atoms with Gasteiger partial charge in [0.25, 0.3) is 0 Å². The minimum absolute atomic E-state index is 0.254. The minimum Gasteiger partial charge on any atom is -0.211 e. The van der Waals surface area contributed by atoms with Crippen LogP contribution in [-0.4, -0.2) is 27.0 Å². The summed E-state index contributed by atoms with van der Waals surface area (Å²) in [5, 5.41) is 8.80. The van der Waals surface area contributed by atoms with Crippen molar-refractivity contribution in [3.63, 3.8) is 0 Å². The molecule has 0 saturated carbocycles. The Bertz CT molecular complexity index is 592. The van der Waals surface area contributed by atoms with Crippen molar-refractivity contribution in [1.29, 1.82) is 5.26 Å². The summed E-state index contributed by atoms with van der Waals surface area (Å²) >= 11 is 1.84. The summed E-state index contributed by atoms with van der Waals surface area (Å²) < 4.78 is 27.0. The van der Waals surface area contributed by atoms with Crippen molar-refractivity contribution < 1.29 is 8.42 Å². The lowest BCUT2D eigenvalue weighted by atomic mass is 10.2. The van der Waals surface area contributed by atoms with E-state index in [2.05, 4.69) is 11.0 Å². The molecule has 1 N–H and O–H groups in total. The van der Waals surface area contributed by atoms with Gasteiger partial charge in [-0.15, -0.1) is 0 Å². The van der Waals surface area contributed by atoms with Gasteiger partial charge in [0, 0.05) is 6.54 Å². The molecule has 0 heterocycles. The molecule has 0 radical (unpaired) electrons. The normalized spacial score (nSPS) is 11.3. The Balaban J connectivity index is 2.49. The van der Waals surface area contributed by atoms with Crippen LogP contribution in [0.15, 0.2) is 23.1 Å². The van der Waals surface area contributed by atoms with Crippen LogP contribution in [-0.2, 0) is 10.0 Å². The Morgan fingerprint density at radius 1 is 1.24 bits per heavy atom. The monoisotopic (exact) mass is 326 g/mol. The van der Waals surface area contributed by atoms with Crippen LogP contribution in [0.2, 0.25) is 0 Å². The highest BCUT2D eigenvalue weighted by Gasteiger charge is 2.16. The standard InChI is InChI=1S/C15H22N2O2S2/c1-13-11-14(12-16)7-8-15(13)21(18,19)17-9-5-3-4-6-10-20-2/h7-8,11,17H,3-6,9-10H2,1-2H3. The molecule has 0 aliphatic heterocycles. The highest BCUT2D eigenvalue weighted by atomic mass is 32.2. The van der Waals surface area contributed by atoms with Crippen molar-refractivity contribution in [3.8, 4) is 6.07 Å². The minimum atomic E-state index is -3.48. The first kappa shape index (κ1) is 18.0. The maximum absolute atomic E-state index is 12.2. The molecule has 4 nitrogen and oxygen atoms in total. The lowest BCUT2D eigenvalue weighted by molar-refractivity contribution is 0.573. The van der Waals surface area contributed by atoms with Gasteiger partial charge in [0.05, 0.1) is 16.5 Å². The molecule has 0 aliphatic rings. The number of nitriles is 1. The van der Waals surface area contributed by atoms with Crippen molar-refractivity contribution in [2.45, 2.75) is 37.5 Å². The van der Waals surface area contributed by atoms with Crippen LogP contribution in [0, 0.1) is 18.3 Å². The number of benzene rings is 1. The molecule has 0 spiro atoms. The third-order valence-corrected chi connectivity index (χ3v) is 5.48. The zero-order valence-electron chi connectivity index (χ0n) is 12.6. The first-order chi connectivity index (χ1) is 10.0. The van der Waals surface area contributed by atoms with E-state index in [1.54, 1.807) is 13.0 Å². The number of thioether (sulfide) groups is 1. The molecular weight excluding hydrogens is 304 g/mol. The lowest BCUT2D eigenvalue weighted by Gasteiger charge is -2.09. The van der Waals surface area contributed by atoms with Gasteiger partial charge in [0.15, 0.2) is 0 Å². The summed E-state index contributed by atoms with van der Waals surface area (Å²) in [5.74, 6) is 1.16. The summed E-state index contributed by atoms with van der Waals surface area (Å²) in [6, 6.07) is 6.63. The summed E-state index contributed by atoms with van der Waals surface area (Å²) in [6.07, 6.45) is 6.30. The van der Waals surface area contributed by atoms with Crippen LogP contribution in [0.4, 0.5) is 0 Å². The number of nitrogens with one attached hydrogen (secondary N) is 1. The second-order valence-corrected chi connectivity index (χ2v) is 7.62. The summed E-state index contributed by atoms with van der Waals surface area (Å²) in [7, 11) is -3.48. The Hall–Kier alpha value is -1.03. The molecule has 116 valence electrons. The van der Waals surface area contributed by atoms with Crippen LogP contribution >= 0.6 is 11.8 Å². The topological polar surface area (TPSA) is 70.0 Å². The van der Waals surface area contributed by atoms with E-state index in [9.17, 15) is 8.42 Å². The second-order valence-electron chi connectivity index (χ2n) is 4.90. The fourth-order valence-electron chi connectivity index (χ4n) is 2.03. The van der Waals surface area contributed by atoms with Crippen LogP contribution in [0.5, 0.6) is 0 Å². The SMILES string of the molecule is CSCCCCCCNS(=O)(=O)c1ccc(C#N)cc1C. The summed E-state index contributed by atoms with van der Waals surface area (Å²) in [5.41, 5.74) is 1.07. The van der Waals surface area contributed by atoms with Crippen LogP contribution < -0.4 is 4.72 Å². The van der Waals surface area contributed by atoms with Crippen molar-refractivity contribution in [3.05, 3.63) is 29.3 Å². The number of unbranched alkanes of at least 4 members (excludes halogenated alkanes) is 3. The molecule has 0 unspecified atom stereocenters. The molecule has 6 heteroatoms. The number of nitrogens with zero attached hydrogens (tertiary/aromatic N) is 1. The molecule has 21 heavy (non-hydrogen) atoms. The van der Waals surface area contributed by atoms with Crippen LogP contribution in [0.25, 0.3) is 0 Å². The third kappa shape index (κ3) is 6.08. The predicted molar refractivity (Wildman–Crippen MR) is 87.9 cm³/mol. The Kier molecular flexibility index (Phi) is 7.79. The van der Waals surface area contributed by atoms with Crippen LogP contribution in [0.3, 0.4) is 0 Å². The van der Waals surface area contributed by atoms with Gasteiger partial charge in [-0.25, -0.2) is 13.1 Å². The highest BCUT2D eigenvalue weighted by molar-refractivity contribution is 7.98. The van der Waals surface area contributed by atoms with Crippen LogP contribution in [0.1, 0.15) is 36.8 Å². The average Bonchev–Trinajstić information content (AvgIpc) is 2.45. The highest BCUT2D eigenvalue weighted by Crippen LogP contribution is 2.16. The lowest BCUT2D eigenvalue weighted by Crippen LogP contribution is -2.25. The van der Waals surface area contributed by atoms with E-state index in [0.717, 1.165) is 25.0 Å².